The molecule has 0 radical (unpaired) electrons. The molecule has 0 saturated heterocycles. The second-order valence-electron chi connectivity index (χ2n) is 10.9. The van der Waals surface area contributed by atoms with Gasteiger partial charge < -0.3 is 9.90 Å². The molecule has 0 aliphatic rings. The van der Waals surface area contributed by atoms with Gasteiger partial charge in [0.25, 0.3) is 0 Å². The third-order valence-corrected chi connectivity index (χ3v) is 7.08. The zero-order valence-corrected chi connectivity index (χ0v) is 24.6. The number of hydrogen-bond donors (Lipinski definition) is 0. The van der Waals surface area contributed by atoms with E-state index in [1.165, 1.54) is 141 Å². The number of hydrogen-bond acceptors (Lipinski definition) is 2. The van der Waals surface area contributed by atoms with Crippen LogP contribution in [-0.4, -0.2) is 10.5 Å². The molecule has 0 aromatic carbocycles. The first-order valence-electron chi connectivity index (χ1n) is 15.8. The molecule has 0 N–H and O–H groups in total. The summed E-state index contributed by atoms with van der Waals surface area (Å²) in [7, 11) is 2.08. The summed E-state index contributed by atoms with van der Waals surface area (Å²) in [6.45, 7) is 5.71. The van der Waals surface area contributed by atoms with Crippen LogP contribution in [0.25, 0.3) is 0 Å². The Balaban J connectivity index is 0.000000700. The molecular formula is C32H62N2O2. The average molecular weight is 507 g/mol. The van der Waals surface area contributed by atoms with Crippen LogP contribution in [0.4, 0.5) is 0 Å². The van der Waals surface area contributed by atoms with Gasteiger partial charge in [0, 0.05) is 5.97 Å². The lowest BCUT2D eigenvalue weighted by Crippen LogP contribution is -2.23. The molecule has 0 bridgehead atoms. The molecular weight excluding hydrogens is 444 g/mol. The van der Waals surface area contributed by atoms with Crippen LogP contribution in [0.5, 0.6) is 0 Å². The number of carboxylic acid groups (broad SMARTS) is 1. The molecule has 1 aromatic rings. The van der Waals surface area contributed by atoms with Gasteiger partial charge >= 0.3 is 0 Å². The van der Waals surface area contributed by atoms with E-state index >= 15 is 0 Å². The zero-order valence-electron chi connectivity index (χ0n) is 24.6. The highest BCUT2D eigenvalue weighted by atomic mass is 16.4. The van der Waals surface area contributed by atoms with E-state index < -0.39 is 5.97 Å². The van der Waals surface area contributed by atoms with Gasteiger partial charge in [-0.15, -0.1) is 0 Å². The fourth-order valence-corrected chi connectivity index (χ4v) is 4.70. The smallest absolute Gasteiger partial charge is 0.243 e. The maximum Gasteiger partial charge on any atom is 0.243 e. The minimum Gasteiger partial charge on any atom is -0.550 e. The van der Waals surface area contributed by atoms with Crippen LogP contribution in [0.15, 0.2) is 18.7 Å². The van der Waals surface area contributed by atoms with Crippen LogP contribution in [0.2, 0.25) is 0 Å². The molecule has 1 rings (SSSR count). The van der Waals surface area contributed by atoms with Gasteiger partial charge in [0.15, 0.2) is 0 Å². The molecule has 0 unspecified atom stereocenters. The summed E-state index contributed by atoms with van der Waals surface area (Å²) in [6.07, 6.45) is 37.6. The molecule has 212 valence electrons. The summed E-state index contributed by atoms with van der Waals surface area (Å²) in [4.78, 5) is 10.1. The molecule has 0 aliphatic carbocycles. The lowest BCUT2D eigenvalue weighted by atomic mass is 10.1. The number of carbonyl (C=O) groups is 1. The number of aromatic nitrogens is 2. The van der Waals surface area contributed by atoms with Gasteiger partial charge in [0.2, 0.25) is 6.33 Å². The van der Waals surface area contributed by atoms with Crippen molar-refractivity contribution in [3.63, 3.8) is 0 Å². The minimum absolute atomic E-state index is 0.233. The second-order valence-corrected chi connectivity index (χ2v) is 10.9. The first-order chi connectivity index (χ1) is 17.6. The molecule has 0 atom stereocenters. The Labute approximate surface area is 225 Å². The van der Waals surface area contributed by atoms with Crippen molar-refractivity contribution in [2.45, 2.75) is 174 Å². The maximum atomic E-state index is 10.1. The normalized spacial score (nSPS) is 10.9. The van der Waals surface area contributed by atoms with Crippen molar-refractivity contribution < 1.29 is 14.5 Å². The Morgan fingerprint density at radius 1 is 0.611 bits per heavy atom. The van der Waals surface area contributed by atoms with Crippen LogP contribution >= 0.6 is 0 Å². The van der Waals surface area contributed by atoms with Crippen molar-refractivity contribution in [1.82, 2.24) is 4.57 Å². The van der Waals surface area contributed by atoms with Crippen LogP contribution < -0.4 is 9.67 Å². The van der Waals surface area contributed by atoms with Crippen LogP contribution in [0, 0.1) is 0 Å². The Kier molecular flexibility index (Phi) is 27.2. The molecule has 1 heterocycles. The Hall–Kier alpha value is -1.32. The molecule has 0 saturated carbocycles. The summed E-state index contributed by atoms with van der Waals surface area (Å²) in [5.41, 5.74) is 0. The molecule has 0 spiro atoms. The summed E-state index contributed by atoms with van der Waals surface area (Å²) < 4.78 is 4.40. The Morgan fingerprint density at radius 2 is 0.972 bits per heavy atom. The summed E-state index contributed by atoms with van der Waals surface area (Å²) in [6, 6.07) is 0. The van der Waals surface area contributed by atoms with Gasteiger partial charge in [-0.05, 0) is 25.7 Å². The van der Waals surface area contributed by atoms with Gasteiger partial charge in [-0.1, -0.05) is 142 Å². The number of rotatable bonds is 25. The second kappa shape index (κ2) is 28.3. The van der Waals surface area contributed by atoms with Crippen molar-refractivity contribution in [2.24, 2.45) is 7.05 Å². The quantitative estimate of drug-likeness (QED) is 0.0986. The highest BCUT2D eigenvalue weighted by molar-refractivity contribution is 5.64. The summed E-state index contributed by atoms with van der Waals surface area (Å²) in [5, 5.41) is 10.1. The molecule has 0 amide bonds. The van der Waals surface area contributed by atoms with E-state index in [1.807, 2.05) is 0 Å². The molecule has 36 heavy (non-hydrogen) atoms. The van der Waals surface area contributed by atoms with Crippen molar-refractivity contribution in [1.29, 1.82) is 0 Å². The number of aliphatic carboxylic acids is 1. The van der Waals surface area contributed by atoms with Crippen molar-refractivity contribution in [3.05, 3.63) is 18.7 Å². The Bertz CT molecular complexity index is 570. The predicted molar refractivity (Wildman–Crippen MR) is 153 cm³/mol. The molecule has 4 heteroatoms. The van der Waals surface area contributed by atoms with E-state index in [-0.39, 0.29) is 6.42 Å². The lowest BCUT2D eigenvalue weighted by molar-refractivity contribution is -0.671. The van der Waals surface area contributed by atoms with Crippen molar-refractivity contribution in [3.8, 4) is 0 Å². The molecule has 0 aliphatic heterocycles. The Morgan fingerprint density at radius 3 is 1.31 bits per heavy atom. The SMILES string of the molecule is CCCCCCCCCCCCCC(=O)[O-].CCCCCCCCCCCCCCn1cc[n+](C)c1. The number of carbonyl (C=O) groups excluding carboxylic acids is 1. The zero-order chi connectivity index (χ0) is 26.5. The van der Waals surface area contributed by atoms with Gasteiger partial charge in [-0.25, -0.2) is 9.13 Å². The van der Waals surface area contributed by atoms with E-state index in [1.54, 1.807) is 0 Å². The third-order valence-electron chi connectivity index (χ3n) is 7.08. The number of imidazole rings is 1. The monoisotopic (exact) mass is 506 g/mol. The fraction of sp³-hybridized carbons (Fsp3) is 0.875. The highest BCUT2D eigenvalue weighted by Gasteiger charge is 1.99. The number of carboxylic acids is 1. The van der Waals surface area contributed by atoms with E-state index in [4.69, 9.17) is 0 Å². The third kappa shape index (κ3) is 27.3. The van der Waals surface area contributed by atoms with Gasteiger partial charge in [-0.2, -0.15) is 0 Å². The maximum absolute atomic E-state index is 10.1. The van der Waals surface area contributed by atoms with Gasteiger partial charge in [0.1, 0.15) is 12.4 Å². The molecule has 1 aromatic heterocycles. The summed E-state index contributed by atoms with van der Waals surface area (Å²) >= 11 is 0. The van der Waals surface area contributed by atoms with E-state index in [9.17, 15) is 9.90 Å². The fourth-order valence-electron chi connectivity index (χ4n) is 4.70. The lowest BCUT2D eigenvalue weighted by Gasteiger charge is -2.03. The largest absolute Gasteiger partial charge is 0.550 e. The number of aryl methyl sites for hydroxylation is 2. The van der Waals surface area contributed by atoms with E-state index in [0.29, 0.717) is 0 Å². The van der Waals surface area contributed by atoms with Crippen molar-refractivity contribution >= 4 is 5.97 Å². The standard InChI is InChI=1S/C18H35N2.C14H28O2/c1-3-4-5-6-7-8-9-10-11-12-13-14-15-20-17-16-19(2)18-20;1-2-3-4-5-6-7-8-9-10-11-12-13-14(15)16/h16-18H,3-15H2,1-2H3;2-13H2,1H3,(H,15,16)/q+1;/p-1. The highest BCUT2D eigenvalue weighted by Crippen LogP contribution is 2.13. The van der Waals surface area contributed by atoms with Crippen LogP contribution in [0.1, 0.15) is 168 Å². The van der Waals surface area contributed by atoms with Gasteiger partial charge in [0.05, 0.1) is 13.6 Å². The first-order valence-corrected chi connectivity index (χ1v) is 15.8. The van der Waals surface area contributed by atoms with Crippen molar-refractivity contribution in [2.75, 3.05) is 0 Å². The van der Waals surface area contributed by atoms with E-state index in [0.717, 1.165) is 12.8 Å². The number of unbranched alkanes of at least 4 members (excludes halogenated alkanes) is 21. The van der Waals surface area contributed by atoms with Crippen LogP contribution in [0.3, 0.4) is 0 Å². The van der Waals surface area contributed by atoms with E-state index in [2.05, 4.69) is 48.8 Å². The predicted octanol–water partition coefficient (Wildman–Crippen LogP) is 8.45. The first kappa shape index (κ1) is 34.7. The van der Waals surface area contributed by atoms with Gasteiger partial charge in [-0.3, -0.25) is 0 Å². The molecule has 4 nitrogen and oxygen atoms in total. The topological polar surface area (TPSA) is 48.9 Å². The number of nitrogens with zero attached hydrogens (tertiary/aromatic N) is 2. The van der Waals surface area contributed by atoms with Crippen LogP contribution in [-0.2, 0) is 18.4 Å². The molecule has 0 fully saturated rings. The minimum atomic E-state index is -0.907. The average Bonchev–Trinajstić information content (AvgIpc) is 3.28. The summed E-state index contributed by atoms with van der Waals surface area (Å²) in [5.74, 6) is -0.907.